The molecule has 0 aliphatic carbocycles. The second-order valence-corrected chi connectivity index (χ2v) is 8.36. The van der Waals surface area contributed by atoms with Gasteiger partial charge in [0.05, 0.1) is 23.9 Å². The maximum atomic E-state index is 12.4. The third-order valence-corrected chi connectivity index (χ3v) is 5.83. The molecule has 1 saturated heterocycles. The van der Waals surface area contributed by atoms with Crippen LogP contribution in [0.3, 0.4) is 0 Å². The summed E-state index contributed by atoms with van der Waals surface area (Å²) in [4.78, 5) is 23.9. The molecule has 7 heteroatoms. The van der Waals surface area contributed by atoms with Crippen molar-refractivity contribution in [2.45, 2.75) is 45.2 Å². The molecule has 1 atom stereocenters. The molecule has 2 aliphatic rings. The topological polar surface area (TPSA) is 81.0 Å². The Morgan fingerprint density at radius 3 is 2.69 bits per heavy atom. The quantitative estimate of drug-likeness (QED) is 0.753. The summed E-state index contributed by atoms with van der Waals surface area (Å²) in [6.45, 7) is 7.44. The molecule has 0 saturated carbocycles. The Kier molecular flexibility index (Phi) is 4.65. The maximum absolute atomic E-state index is 12.4. The Bertz CT molecular complexity index is 1040. The van der Waals surface area contributed by atoms with Crippen LogP contribution in [0.5, 0.6) is 5.75 Å². The van der Waals surface area contributed by atoms with Gasteiger partial charge in [-0.2, -0.15) is 0 Å². The van der Waals surface area contributed by atoms with Gasteiger partial charge in [-0.3, -0.25) is 14.5 Å². The molecule has 7 nitrogen and oxygen atoms in total. The first kappa shape index (κ1) is 19.5. The molecule has 29 heavy (non-hydrogen) atoms. The van der Waals surface area contributed by atoms with Gasteiger partial charge in [0.25, 0.3) is 0 Å². The van der Waals surface area contributed by atoms with Crippen molar-refractivity contribution in [1.82, 2.24) is 4.68 Å². The van der Waals surface area contributed by atoms with Crippen LogP contribution in [0.25, 0.3) is 11.3 Å². The summed E-state index contributed by atoms with van der Waals surface area (Å²) in [5, 5.41) is 11.6. The van der Waals surface area contributed by atoms with Crippen LogP contribution in [0.2, 0.25) is 0 Å². The van der Waals surface area contributed by atoms with Gasteiger partial charge in [-0.05, 0) is 50.5 Å². The molecule has 0 radical (unpaired) electrons. The number of aromatic carboxylic acids is 1. The Morgan fingerprint density at radius 2 is 2.03 bits per heavy atom. The minimum absolute atomic E-state index is 0.110. The maximum Gasteiger partial charge on any atom is 0.341 e. The molecular formula is C22H26N2O5. The van der Waals surface area contributed by atoms with Crippen LogP contribution >= 0.6 is 0 Å². The standard InChI is InChI=1S/C22H26N2O5/c1-13-8-14-15(9-20(13)29-7-5-6-28-4)18-11-22(2,3)24(18)23-12-16(21(26)27)19(25)10-17(14)23/h8-10,12,18H,5-7,11H2,1-4H3,(H,26,27)/t18-/m1/s1. The molecular weight excluding hydrogens is 372 g/mol. The van der Waals surface area contributed by atoms with Gasteiger partial charge in [-0.15, -0.1) is 0 Å². The van der Waals surface area contributed by atoms with Crippen molar-refractivity contribution in [2.24, 2.45) is 0 Å². The van der Waals surface area contributed by atoms with E-state index < -0.39 is 11.4 Å². The van der Waals surface area contributed by atoms with E-state index in [1.807, 2.05) is 17.7 Å². The number of carboxylic acids is 1. The number of pyridine rings is 1. The van der Waals surface area contributed by atoms with Gasteiger partial charge in [0.1, 0.15) is 11.3 Å². The van der Waals surface area contributed by atoms with E-state index in [9.17, 15) is 14.7 Å². The first-order chi connectivity index (χ1) is 13.7. The highest BCUT2D eigenvalue weighted by Gasteiger charge is 2.50. The highest BCUT2D eigenvalue weighted by Crippen LogP contribution is 2.52. The summed E-state index contributed by atoms with van der Waals surface area (Å²) in [5.74, 6) is -0.371. The normalized spacial score (nSPS) is 18.3. The van der Waals surface area contributed by atoms with E-state index >= 15 is 0 Å². The van der Waals surface area contributed by atoms with Gasteiger partial charge in [-0.25, -0.2) is 4.79 Å². The van der Waals surface area contributed by atoms with E-state index in [0.717, 1.165) is 35.3 Å². The Hall–Kier alpha value is -2.80. The third kappa shape index (κ3) is 3.09. The molecule has 2 aromatic rings. The summed E-state index contributed by atoms with van der Waals surface area (Å²) in [6.07, 6.45) is 3.20. The molecule has 0 spiro atoms. The largest absolute Gasteiger partial charge is 0.493 e. The first-order valence-corrected chi connectivity index (χ1v) is 9.81. The minimum atomic E-state index is -1.21. The van der Waals surface area contributed by atoms with Crippen molar-refractivity contribution in [1.29, 1.82) is 0 Å². The van der Waals surface area contributed by atoms with E-state index in [4.69, 9.17) is 9.47 Å². The minimum Gasteiger partial charge on any atom is -0.493 e. The van der Waals surface area contributed by atoms with Crippen molar-refractivity contribution in [3.05, 3.63) is 51.3 Å². The number of carboxylic acid groups (broad SMARTS) is 1. The second-order valence-electron chi connectivity index (χ2n) is 8.36. The molecule has 1 N–H and O–H groups in total. The SMILES string of the molecule is COCCCOc1cc2c(cc1C)-c1cc(=O)c(C(=O)O)cn1N1[C@@H]2CC1(C)C. The molecule has 0 bridgehead atoms. The number of benzene rings is 1. The number of methoxy groups -OCH3 is 1. The summed E-state index contributed by atoms with van der Waals surface area (Å²) >= 11 is 0. The predicted molar refractivity (Wildman–Crippen MR) is 109 cm³/mol. The van der Waals surface area contributed by atoms with Crippen molar-refractivity contribution in [3.63, 3.8) is 0 Å². The summed E-state index contributed by atoms with van der Waals surface area (Å²) in [5.41, 5.74) is 2.92. The number of hydrogen-bond donors (Lipinski definition) is 1. The van der Waals surface area contributed by atoms with Gasteiger partial charge in [0.2, 0.25) is 0 Å². The van der Waals surface area contributed by atoms with Crippen LogP contribution in [0, 0.1) is 6.92 Å². The smallest absolute Gasteiger partial charge is 0.341 e. The Morgan fingerprint density at radius 1 is 1.28 bits per heavy atom. The van der Waals surface area contributed by atoms with Crippen molar-refractivity contribution >= 4 is 5.97 Å². The van der Waals surface area contributed by atoms with E-state index in [1.54, 1.807) is 7.11 Å². The zero-order valence-corrected chi connectivity index (χ0v) is 17.2. The first-order valence-electron chi connectivity index (χ1n) is 9.81. The summed E-state index contributed by atoms with van der Waals surface area (Å²) in [7, 11) is 1.67. The fraction of sp³-hybridized carbons (Fsp3) is 0.455. The van der Waals surface area contributed by atoms with Crippen molar-refractivity contribution in [3.8, 4) is 17.0 Å². The molecule has 4 rings (SSSR count). The number of ether oxygens (including phenoxy) is 2. The number of aryl methyl sites for hydroxylation is 1. The van der Waals surface area contributed by atoms with Gasteiger partial charge in [-0.1, -0.05) is 0 Å². The van der Waals surface area contributed by atoms with E-state index in [2.05, 4.69) is 24.9 Å². The number of fused-ring (bicyclic) bond motifs is 6. The van der Waals surface area contributed by atoms with Crippen LogP contribution in [0.1, 0.15) is 54.2 Å². The van der Waals surface area contributed by atoms with Crippen LogP contribution < -0.4 is 15.2 Å². The highest BCUT2D eigenvalue weighted by molar-refractivity contribution is 5.88. The Labute approximate surface area is 169 Å². The van der Waals surface area contributed by atoms with Gasteiger partial charge in [0, 0.05) is 38.0 Å². The van der Waals surface area contributed by atoms with Crippen molar-refractivity contribution in [2.75, 3.05) is 25.3 Å². The molecule has 1 aromatic carbocycles. The molecule has 0 amide bonds. The Balaban J connectivity index is 1.82. The van der Waals surface area contributed by atoms with Crippen LogP contribution in [-0.2, 0) is 4.74 Å². The van der Waals surface area contributed by atoms with Crippen LogP contribution in [-0.4, -0.2) is 41.6 Å². The number of rotatable bonds is 6. The third-order valence-electron chi connectivity index (χ3n) is 5.83. The zero-order valence-electron chi connectivity index (χ0n) is 17.2. The molecule has 2 aliphatic heterocycles. The average Bonchev–Trinajstić information content (AvgIpc) is 2.64. The van der Waals surface area contributed by atoms with Gasteiger partial charge >= 0.3 is 5.97 Å². The highest BCUT2D eigenvalue weighted by atomic mass is 16.5. The lowest BCUT2D eigenvalue weighted by Crippen LogP contribution is -2.65. The lowest BCUT2D eigenvalue weighted by molar-refractivity contribution is 0.0693. The lowest BCUT2D eigenvalue weighted by atomic mass is 9.76. The second kappa shape index (κ2) is 6.91. The fourth-order valence-corrected chi connectivity index (χ4v) is 4.45. The van der Waals surface area contributed by atoms with E-state index in [0.29, 0.717) is 18.9 Å². The zero-order chi connectivity index (χ0) is 20.9. The van der Waals surface area contributed by atoms with Crippen LogP contribution in [0.4, 0.5) is 0 Å². The van der Waals surface area contributed by atoms with E-state index in [-0.39, 0.29) is 17.1 Å². The molecule has 1 fully saturated rings. The number of hydrogen-bond acceptors (Lipinski definition) is 5. The number of aromatic nitrogens is 1. The summed E-state index contributed by atoms with van der Waals surface area (Å²) < 4.78 is 12.9. The average molecular weight is 398 g/mol. The molecule has 0 unspecified atom stereocenters. The van der Waals surface area contributed by atoms with Crippen LogP contribution in [0.15, 0.2) is 29.2 Å². The van der Waals surface area contributed by atoms with E-state index in [1.165, 1.54) is 12.3 Å². The summed E-state index contributed by atoms with van der Waals surface area (Å²) in [6, 6.07) is 5.66. The lowest BCUT2D eigenvalue weighted by Gasteiger charge is -2.60. The van der Waals surface area contributed by atoms with Gasteiger partial charge in [0.15, 0.2) is 5.43 Å². The number of carbonyl (C=O) groups is 1. The number of nitrogens with zero attached hydrogens (tertiary/aromatic N) is 2. The monoisotopic (exact) mass is 398 g/mol. The van der Waals surface area contributed by atoms with Gasteiger partial charge < -0.3 is 14.6 Å². The predicted octanol–water partition coefficient (Wildman–Crippen LogP) is 3.11. The molecule has 154 valence electrons. The molecule has 3 heterocycles. The molecule has 1 aromatic heterocycles. The van der Waals surface area contributed by atoms with Crippen molar-refractivity contribution < 1.29 is 19.4 Å². The fourth-order valence-electron chi connectivity index (χ4n) is 4.45.